The molecule has 6 nitrogen and oxygen atoms in total. The maximum absolute atomic E-state index is 5.28. The molecule has 0 atom stereocenters. The highest BCUT2D eigenvalue weighted by Gasteiger charge is 2.07. The SMILES string of the molecule is CCc1noc(-c2ccc(CCNC(=NC)NCc3ccccc3C)cc2)n1. The number of rotatable bonds is 7. The normalized spacial score (nSPS) is 11.5. The van der Waals surface area contributed by atoms with E-state index < -0.39 is 0 Å². The predicted molar refractivity (Wildman–Crippen MR) is 112 cm³/mol. The van der Waals surface area contributed by atoms with Crippen molar-refractivity contribution in [2.45, 2.75) is 33.2 Å². The van der Waals surface area contributed by atoms with Crippen LogP contribution in [0.25, 0.3) is 11.5 Å². The fourth-order valence-electron chi connectivity index (χ4n) is 2.86. The van der Waals surface area contributed by atoms with Crippen LogP contribution in [0.3, 0.4) is 0 Å². The van der Waals surface area contributed by atoms with Crippen LogP contribution in [-0.4, -0.2) is 29.7 Å². The van der Waals surface area contributed by atoms with Gasteiger partial charge in [-0.3, -0.25) is 4.99 Å². The number of benzene rings is 2. The summed E-state index contributed by atoms with van der Waals surface area (Å²) in [7, 11) is 1.79. The Morgan fingerprint density at radius 3 is 2.54 bits per heavy atom. The van der Waals surface area contributed by atoms with Crippen molar-refractivity contribution in [2.75, 3.05) is 13.6 Å². The zero-order valence-corrected chi connectivity index (χ0v) is 16.7. The highest BCUT2D eigenvalue weighted by Crippen LogP contribution is 2.18. The third-order valence-electron chi connectivity index (χ3n) is 4.62. The molecular weight excluding hydrogens is 350 g/mol. The second kappa shape index (κ2) is 9.69. The summed E-state index contributed by atoms with van der Waals surface area (Å²) in [4.78, 5) is 8.66. The first-order valence-electron chi connectivity index (χ1n) is 9.60. The van der Waals surface area contributed by atoms with Gasteiger partial charge in [-0.1, -0.05) is 48.5 Å². The second-order valence-electron chi connectivity index (χ2n) is 6.60. The molecule has 0 aliphatic rings. The first kappa shape index (κ1) is 19.6. The third-order valence-corrected chi connectivity index (χ3v) is 4.62. The van der Waals surface area contributed by atoms with E-state index in [1.54, 1.807) is 7.05 Å². The van der Waals surface area contributed by atoms with Gasteiger partial charge in [0, 0.05) is 32.1 Å². The molecule has 0 unspecified atom stereocenters. The van der Waals surface area contributed by atoms with Gasteiger partial charge in [-0.25, -0.2) is 0 Å². The summed E-state index contributed by atoms with van der Waals surface area (Å²) in [5.74, 6) is 2.10. The van der Waals surface area contributed by atoms with Crippen molar-refractivity contribution < 1.29 is 4.52 Å². The zero-order chi connectivity index (χ0) is 19.8. The highest BCUT2D eigenvalue weighted by molar-refractivity contribution is 5.79. The molecular formula is C22H27N5O. The van der Waals surface area contributed by atoms with Gasteiger partial charge in [0.05, 0.1) is 0 Å². The van der Waals surface area contributed by atoms with E-state index in [4.69, 9.17) is 4.52 Å². The van der Waals surface area contributed by atoms with E-state index in [1.807, 2.05) is 19.1 Å². The average Bonchev–Trinajstić information content (AvgIpc) is 3.21. The summed E-state index contributed by atoms with van der Waals surface area (Å²) in [5, 5.41) is 10.7. The van der Waals surface area contributed by atoms with Crippen LogP contribution in [0.5, 0.6) is 0 Å². The summed E-state index contributed by atoms with van der Waals surface area (Å²) >= 11 is 0. The topological polar surface area (TPSA) is 75.3 Å². The molecule has 28 heavy (non-hydrogen) atoms. The predicted octanol–water partition coefficient (Wildman–Crippen LogP) is 3.52. The fourth-order valence-corrected chi connectivity index (χ4v) is 2.86. The molecule has 3 rings (SSSR count). The monoisotopic (exact) mass is 377 g/mol. The molecule has 0 saturated heterocycles. The lowest BCUT2D eigenvalue weighted by Gasteiger charge is -2.13. The van der Waals surface area contributed by atoms with Crippen LogP contribution in [0.2, 0.25) is 0 Å². The first-order valence-corrected chi connectivity index (χ1v) is 9.60. The average molecular weight is 377 g/mol. The lowest BCUT2D eigenvalue weighted by molar-refractivity contribution is 0.423. The fraction of sp³-hybridized carbons (Fsp3) is 0.318. The van der Waals surface area contributed by atoms with Crippen LogP contribution in [0, 0.1) is 6.92 Å². The molecule has 3 aromatic rings. The Morgan fingerprint density at radius 2 is 1.86 bits per heavy atom. The van der Waals surface area contributed by atoms with E-state index in [9.17, 15) is 0 Å². The Bertz CT molecular complexity index is 915. The van der Waals surface area contributed by atoms with E-state index in [0.717, 1.165) is 43.3 Å². The highest BCUT2D eigenvalue weighted by atomic mass is 16.5. The summed E-state index contributed by atoms with van der Waals surface area (Å²) in [5.41, 5.74) is 4.73. The number of nitrogens with zero attached hydrogens (tertiary/aromatic N) is 3. The van der Waals surface area contributed by atoms with Crippen molar-refractivity contribution in [1.29, 1.82) is 0 Å². The molecule has 0 aliphatic carbocycles. The van der Waals surface area contributed by atoms with E-state index in [1.165, 1.54) is 16.7 Å². The molecule has 0 amide bonds. The Balaban J connectivity index is 1.47. The standard InChI is InChI=1S/C22H27N5O/c1-4-20-26-21(28-27-20)18-11-9-17(10-12-18)13-14-24-22(23-3)25-15-19-8-6-5-7-16(19)2/h5-12H,4,13-15H2,1-3H3,(H2,23,24,25). The molecule has 1 heterocycles. The van der Waals surface area contributed by atoms with Crippen molar-refractivity contribution >= 4 is 5.96 Å². The van der Waals surface area contributed by atoms with Crippen molar-refractivity contribution in [2.24, 2.45) is 4.99 Å². The minimum Gasteiger partial charge on any atom is -0.356 e. The minimum atomic E-state index is 0.572. The number of hydrogen-bond donors (Lipinski definition) is 2. The lowest BCUT2D eigenvalue weighted by Crippen LogP contribution is -2.38. The summed E-state index contributed by atoms with van der Waals surface area (Å²) < 4.78 is 5.28. The summed E-state index contributed by atoms with van der Waals surface area (Å²) in [6.45, 7) is 5.68. The number of aromatic nitrogens is 2. The molecule has 0 spiro atoms. The molecule has 146 valence electrons. The Kier molecular flexibility index (Phi) is 6.78. The van der Waals surface area contributed by atoms with Crippen LogP contribution in [-0.2, 0) is 19.4 Å². The van der Waals surface area contributed by atoms with E-state index >= 15 is 0 Å². The maximum Gasteiger partial charge on any atom is 0.257 e. The van der Waals surface area contributed by atoms with Gasteiger partial charge >= 0.3 is 0 Å². The van der Waals surface area contributed by atoms with Gasteiger partial charge in [-0.05, 0) is 42.2 Å². The number of aryl methyl sites for hydroxylation is 2. The molecule has 6 heteroatoms. The van der Waals surface area contributed by atoms with Gasteiger partial charge in [-0.2, -0.15) is 4.98 Å². The van der Waals surface area contributed by atoms with Crippen LogP contribution in [0.1, 0.15) is 29.4 Å². The number of guanidine groups is 1. The van der Waals surface area contributed by atoms with Crippen molar-refractivity contribution in [3.8, 4) is 11.5 Å². The molecule has 0 bridgehead atoms. The molecule has 2 N–H and O–H groups in total. The van der Waals surface area contributed by atoms with Gasteiger partial charge < -0.3 is 15.2 Å². The molecule has 0 saturated carbocycles. The van der Waals surface area contributed by atoms with Crippen molar-refractivity contribution in [3.63, 3.8) is 0 Å². The number of nitrogens with one attached hydrogen (secondary N) is 2. The van der Waals surface area contributed by atoms with Crippen LogP contribution < -0.4 is 10.6 Å². The van der Waals surface area contributed by atoms with Gasteiger partial charge in [0.25, 0.3) is 5.89 Å². The number of aliphatic imine (C=N–C) groups is 1. The largest absolute Gasteiger partial charge is 0.356 e. The van der Waals surface area contributed by atoms with Crippen LogP contribution >= 0.6 is 0 Å². The van der Waals surface area contributed by atoms with Gasteiger partial charge in [0.15, 0.2) is 11.8 Å². The maximum atomic E-state index is 5.28. The van der Waals surface area contributed by atoms with Crippen molar-refractivity contribution in [3.05, 3.63) is 71.0 Å². The van der Waals surface area contributed by atoms with Gasteiger partial charge in [0.2, 0.25) is 0 Å². The first-order chi connectivity index (χ1) is 13.7. The zero-order valence-electron chi connectivity index (χ0n) is 16.7. The van der Waals surface area contributed by atoms with Crippen molar-refractivity contribution in [1.82, 2.24) is 20.8 Å². The molecule has 0 fully saturated rings. The van der Waals surface area contributed by atoms with Gasteiger partial charge in [-0.15, -0.1) is 0 Å². The molecule has 2 aromatic carbocycles. The van der Waals surface area contributed by atoms with Gasteiger partial charge in [0.1, 0.15) is 0 Å². The van der Waals surface area contributed by atoms with E-state index in [-0.39, 0.29) is 0 Å². The number of hydrogen-bond acceptors (Lipinski definition) is 4. The molecule has 1 aromatic heterocycles. The molecule has 0 aliphatic heterocycles. The Labute approximate surface area is 166 Å². The minimum absolute atomic E-state index is 0.572. The second-order valence-corrected chi connectivity index (χ2v) is 6.60. The van der Waals surface area contributed by atoms with E-state index in [0.29, 0.717) is 5.89 Å². The Morgan fingerprint density at radius 1 is 1.07 bits per heavy atom. The summed E-state index contributed by atoms with van der Waals surface area (Å²) in [6, 6.07) is 16.6. The van der Waals surface area contributed by atoms with Crippen LogP contribution in [0.15, 0.2) is 58.0 Å². The Hall–Kier alpha value is -3.15. The molecule has 0 radical (unpaired) electrons. The van der Waals surface area contributed by atoms with Crippen LogP contribution in [0.4, 0.5) is 0 Å². The van der Waals surface area contributed by atoms with E-state index in [2.05, 4.69) is 69.1 Å². The summed E-state index contributed by atoms with van der Waals surface area (Å²) in [6.07, 6.45) is 1.67. The third kappa shape index (κ3) is 5.19. The smallest absolute Gasteiger partial charge is 0.257 e. The lowest BCUT2D eigenvalue weighted by atomic mass is 10.1. The quantitative estimate of drug-likeness (QED) is 0.487.